The minimum absolute atomic E-state index is 0.00765. The van der Waals surface area contributed by atoms with Gasteiger partial charge in [0, 0.05) is 10.3 Å². The third-order valence-corrected chi connectivity index (χ3v) is 4.04. The predicted octanol–water partition coefficient (Wildman–Crippen LogP) is 2.77. The van der Waals surface area contributed by atoms with Gasteiger partial charge in [-0.3, -0.25) is 0 Å². The van der Waals surface area contributed by atoms with Gasteiger partial charge in [0.05, 0.1) is 7.11 Å². The molecule has 2 rings (SSSR count). The summed E-state index contributed by atoms with van der Waals surface area (Å²) in [4.78, 5) is 0. The summed E-state index contributed by atoms with van der Waals surface area (Å²) in [5, 5.41) is 13.7. The van der Waals surface area contributed by atoms with Crippen molar-refractivity contribution in [2.45, 2.75) is 6.92 Å². The Morgan fingerprint density at radius 2 is 1.84 bits per heavy atom. The summed E-state index contributed by atoms with van der Waals surface area (Å²) in [6.45, 7) is 1.89. The smallest absolute Gasteiger partial charge is 0.118 e. The molecule has 0 aromatic heterocycles. The third-order valence-electron chi connectivity index (χ3n) is 2.74. The number of aryl methyl sites for hydroxylation is 1. The lowest BCUT2D eigenvalue weighted by atomic mass is 10.1. The average molecular weight is 292 g/mol. The van der Waals surface area contributed by atoms with Crippen molar-refractivity contribution in [1.29, 1.82) is 0 Å². The Hall–Kier alpha value is -1.34. The lowest BCUT2D eigenvalue weighted by Gasteiger charge is -2.16. The van der Waals surface area contributed by atoms with Crippen LogP contribution in [0.25, 0.3) is 0 Å². The molecular weight excluding hydrogens is 279 g/mol. The van der Waals surface area contributed by atoms with Gasteiger partial charge in [0.2, 0.25) is 0 Å². The SMILES string of the molecule is COc1ccc(P=C([O-])c2c(C)cccc2Cl)cc1. The number of ether oxygens (including phenoxy) is 1. The summed E-state index contributed by atoms with van der Waals surface area (Å²) >= 11 is 6.09. The standard InChI is InChI=1S/C15H14ClO2P/c1-10-4-3-5-13(16)14(10)15(17)19-12-8-6-11(18-2)7-9-12/h3-9,17H,1-2H3/p-1. The summed E-state index contributed by atoms with van der Waals surface area (Å²) in [5.41, 5.74) is 1.51. The van der Waals surface area contributed by atoms with E-state index in [1.165, 1.54) is 0 Å². The zero-order valence-corrected chi connectivity index (χ0v) is 12.3. The first-order valence-electron chi connectivity index (χ1n) is 5.77. The van der Waals surface area contributed by atoms with E-state index in [1.54, 1.807) is 13.2 Å². The van der Waals surface area contributed by atoms with Crippen LogP contribution in [0.1, 0.15) is 11.1 Å². The highest BCUT2D eigenvalue weighted by molar-refractivity contribution is 7.49. The van der Waals surface area contributed by atoms with Crippen molar-refractivity contribution in [2.75, 3.05) is 7.11 Å². The van der Waals surface area contributed by atoms with E-state index in [0.29, 0.717) is 18.8 Å². The lowest BCUT2D eigenvalue weighted by Crippen LogP contribution is -2.19. The van der Waals surface area contributed by atoms with E-state index in [-0.39, 0.29) is 5.48 Å². The molecule has 0 aliphatic rings. The van der Waals surface area contributed by atoms with Gasteiger partial charge < -0.3 is 9.84 Å². The monoisotopic (exact) mass is 291 g/mol. The van der Waals surface area contributed by atoms with E-state index in [9.17, 15) is 5.11 Å². The maximum absolute atomic E-state index is 12.3. The molecule has 2 aromatic rings. The number of halogens is 1. The van der Waals surface area contributed by atoms with Crippen LogP contribution in [0, 0.1) is 6.92 Å². The maximum atomic E-state index is 12.3. The Morgan fingerprint density at radius 1 is 1.16 bits per heavy atom. The minimum Gasteiger partial charge on any atom is -0.823 e. The number of rotatable bonds is 3. The summed E-state index contributed by atoms with van der Waals surface area (Å²) in [7, 11) is 2.23. The van der Waals surface area contributed by atoms with Crippen molar-refractivity contribution in [3.8, 4) is 5.75 Å². The number of methoxy groups -OCH3 is 1. The van der Waals surface area contributed by atoms with Gasteiger partial charge in [-0.25, -0.2) is 0 Å². The highest BCUT2D eigenvalue weighted by atomic mass is 35.5. The van der Waals surface area contributed by atoms with Gasteiger partial charge >= 0.3 is 0 Å². The second-order valence-electron chi connectivity index (χ2n) is 4.05. The van der Waals surface area contributed by atoms with Gasteiger partial charge in [-0.05, 0) is 48.4 Å². The summed E-state index contributed by atoms with van der Waals surface area (Å²) in [5.74, 6) is 0.778. The molecule has 19 heavy (non-hydrogen) atoms. The highest BCUT2D eigenvalue weighted by Crippen LogP contribution is 2.21. The van der Waals surface area contributed by atoms with E-state index in [1.807, 2.05) is 43.3 Å². The highest BCUT2D eigenvalue weighted by Gasteiger charge is 2.02. The molecule has 2 nitrogen and oxygen atoms in total. The first-order chi connectivity index (χ1) is 9.11. The summed E-state index contributed by atoms with van der Waals surface area (Å²) in [6, 6.07) is 12.9. The molecule has 98 valence electrons. The first kappa shape index (κ1) is 14.1. The fourth-order valence-electron chi connectivity index (χ4n) is 1.73. The van der Waals surface area contributed by atoms with Crippen LogP contribution in [-0.4, -0.2) is 12.6 Å². The normalized spacial score (nSPS) is 11.5. The van der Waals surface area contributed by atoms with Crippen LogP contribution in [0.5, 0.6) is 5.75 Å². The Kier molecular flexibility index (Phi) is 4.60. The molecule has 0 bridgehead atoms. The van der Waals surface area contributed by atoms with Crippen molar-refractivity contribution in [3.63, 3.8) is 0 Å². The molecule has 0 heterocycles. The maximum Gasteiger partial charge on any atom is 0.118 e. The van der Waals surface area contributed by atoms with Crippen LogP contribution in [0.2, 0.25) is 5.02 Å². The van der Waals surface area contributed by atoms with Crippen LogP contribution in [0.3, 0.4) is 0 Å². The van der Waals surface area contributed by atoms with Crippen molar-refractivity contribution in [1.82, 2.24) is 0 Å². The quantitative estimate of drug-likeness (QED) is 0.815. The van der Waals surface area contributed by atoms with E-state index in [4.69, 9.17) is 16.3 Å². The molecule has 0 radical (unpaired) electrons. The predicted molar refractivity (Wildman–Crippen MR) is 79.8 cm³/mol. The molecule has 0 saturated heterocycles. The fourth-order valence-corrected chi connectivity index (χ4v) is 3.05. The number of benzene rings is 2. The van der Waals surface area contributed by atoms with Gasteiger partial charge in [-0.15, -0.1) is 5.48 Å². The zero-order valence-electron chi connectivity index (χ0n) is 10.7. The second-order valence-corrected chi connectivity index (χ2v) is 5.60. The summed E-state index contributed by atoms with van der Waals surface area (Å²) < 4.78 is 5.09. The number of hydrogen-bond donors (Lipinski definition) is 0. The molecule has 0 amide bonds. The molecular formula is C15H13ClO2P-. The zero-order chi connectivity index (χ0) is 13.8. The topological polar surface area (TPSA) is 32.3 Å². The molecule has 0 aliphatic heterocycles. The lowest BCUT2D eigenvalue weighted by molar-refractivity contribution is -0.207. The molecule has 0 aliphatic carbocycles. The van der Waals surface area contributed by atoms with Gasteiger partial charge in [0.1, 0.15) is 5.75 Å². The van der Waals surface area contributed by atoms with E-state index >= 15 is 0 Å². The third kappa shape index (κ3) is 3.36. The average Bonchev–Trinajstić information content (AvgIpc) is 2.39. The fraction of sp³-hybridized carbons (Fsp3) is 0.133. The van der Waals surface area contributed by atoms with Crippen molar-refractivity contribution >= 4 is 30.6 Å². The molecule has 2 aromatic carbocycles. The van der Waals surface area contributed by atoms with Gasteiger partial charge in [-0.1, -0.05) is 31.9 Å². The van der Waals surface area contributed by atoms with Crippen LogP contribution in [0.4, 0.5) is 0 Å². The molecule has 0 fully saturated rings. The molecule has 0 spiro atoms. The Morgan fingerprint density at radius 3 is 2.42 bits per heavy atom. The second kappa shape index (κ2) is 6.21. The van der Waals surface area contributed by atoms with Gasteiger partial charge in [0.15, 0.2) is 0 Å². The van der Waals surface area contributed by atoms with Gasteiger partial charge in [-0.2, -0.15) is 0 Å². The molecule has 0 saturated carbocycles. The molecule has 0 N–H and O–H groups in total. The van der Waals surface area contributed by atoms with Crippen LogP contribution in [0.15, 0.2) is 42.5 Å². The Labute approximate surface area is 119 Å². The number of hydrogen-bond acceptors (Lipinski definition) is 2. The van der Waals surface area contributed by atoms with Crippen molar-refractivity contribution in [2.24, 2.45) is 0 Å². The van der Waals surface area contributed by atoms with Crippen LogP contribution < -0.4 is 15.1 Å². The van der Waals surface area contributed by atoms with Crippen LogP contribution >= 0.6 is 19.8 Å². The van der Waals surface area contributed by atoms with E-state index in [2.05, 4.69) is 0 Å². The van der Waals surface area contributed by atoms with E-state index in [0.717, 1.165) is 16.6 Å². The molecule has 0 unspecified atom stereocenters. The van der Waals surface area contributed by atoms with E-state index < -0.39 is 0 Å². The molecule has 4 heteroatoms. The van der Waals surface area contributed by atoms with Crippen molar-refractivity contribution < 1.29 is 9.84 Å². The Balaban J connectivity index is 2.37. The minimum atomic E-state index is 0.00765. The van der Waals surface area contributed by atoms with Crippen molar-refractivity contribution in [3.05, 3.63) is 58.6 Å². The Bertz CT molecular complexity index is 586. The molecule has 0 atom stereocenters. The van der Waals surface area contributed by atoms with Crippen LogP contribution in [-0.2, 0) is 0 Å². The van der Waals surface area contributed by atoms with Gasteiger partial charge in [0.25, 0.3) is 0 Å². The largest absolute Gasteiger partial charge is 0.823 e. The summed E-state index contributed by atoms with van der Waals surface area (Å²) in [6.07, 6.45) is 0. The first-order valence-corrected chi connectivity index (χ1v) is 7.04.